The number of amides is 1. The Morgan fingerprint density at radius 3 is 2.15 bits per heavy atom. The van der Waals surface area contributed by atoms with Crippen LogP contribution >= 0.6 is 0 Å². The molecular formula is C23H23N5O5S. The van der Waals surface area contributed by atoms with Gasteiger partial charge in [0.15, 0.2) is 0 Å². The predicted octanol–water partition coefficient (Wildman–Crippen LogP) is 2.02. The van der Waals surface area contributed by atoms with Crippen molar-refractivity contribution in [2.24, 2.45) is 16.6 Å². The third-order valence-corrected chi connectivity index (χ3v) is 6.16. The number of hydrazone groups is 1. The van der Waals surface area contributed by atoms with Gasteiger partial charge in [0.1, 0.15) is 0 Å². The Labute approximate surface area is 196 Å². The van der Waals surface area contributed by atoms with E-state index in [1.165, 1.54) is 18.2 Å². The summed E-state index contributed by atoms with van der Waals surface area (Å²) < 4.78 is 28.1. The van der Waals surface area contributed by atoms with Crippen molar-refractivity contribution >= 4 is 33.5 Å². The van der Waals surface area contributed by atoms with Crippen molar-refractivity contribution < 1.29 is 23.1 Å². The Bertz CT molecular complexity index is 1290. The zero-order valence-corrected chi connectivity index (χ0v) is 18.7. The fourth-order valence-electron chi connectivity index (χ4n) is 3.17. The number of benzene rings is 3. The second-order valence-electron chi connectivity index (χ2n) is 7.19. The quantitative estimate of drug-likeness (QED) is 0.206. The average molecular weight is 482 g/mol. The molecule has 0 aromatic heterocycles. The summed E-state index contributed by atoms with van der Waals surface area (Å²) in [4.78, 5) is 24.6. The molecule has 1 amide bonds. The summed E-state index contributed by atoms with van der Waals surface area (Å²) in [6, 6.07) is 20.8. The van der Waals surface area contributed by atoms with E-state index in [2.05, 4.69) is 9.82 Å². The molecule has 10 nitrogen and oxygen atoms in total. The number of sulfonamides is 1. The minimum Gasteiger partial charge on any atom is -0.481 e. The van der Waals surface area contributed by atoms with E-state index in [0.29, 0.717) is 11.1 Å². The smallest absolute Gasteiger partial charge is 0.305 e. The van der Waals surface area contributed by atoms with Crippen molar-refractivity contribution in [2.75, 3.05) is 5.01 Å². The lowest BCUT2D eigenvalue weighted by atomic mass is 10.0. The normalized spacial score (nSPS) is 11.9. The number of carboxylic acid groups (broad SMARTS) is 1. The van der Waals surface area contributed by atoms with Crippen molar-refractivity contribution in [1.29, 1.82) is 0 Å². The standard InChI is InChI=1S/C23H23N5O5S/c24-23(25)26-28(22(31)16-8-3-1-4-9-16)18-11-7-10-17(14-18)20(15-21(29)30)27-34(32,33)19-12-5-2-6-13-19/h1-14,20,27H,15H2,(H,29,30)(H4,24,25,26). The summed E-state index contributed by atoms with van der Waals surface area (Å²) in [6.45, 7) is 0. The minimum atomic E-state index is -4.03. The molecule has 6 N–H and O–H groups in total. The van der Waals surface area contributed by atoms with Gasteiger partial charge in [-0.15, -0.1) is 5.10 Å². The first-order valence-electron chi connectivity index (χ1n) is 10.1. The zero-order valence-electron chi connectivity index (χ0n) is 17.9. The molecule has 0 aliphatic rings. The van der Waals surface area contributed by atoms with Gasteiger partial charge < -0.3 is 16.6 Å². The molecule has 1 atom stereocenters. The molecule has 0 saturated heterocycles. The van der Waals surface area contributed by atoms with Gasteiger partial charge in [-0.3, -0.25) is 9.59 Å². The molecule has 0 fully saturated rings. The number of carboxylic acids is 1. The summed E-state index contributed by atoms with van der Waals surface area (Å²) >= 11 is 0. The monoisotopic (exact) mass is 481 g/mol. The molecule has 0 heterocycles. The molecule has 176 valence electrons. The van der Waals surface area contributed by atoms with E-state index in [0.717, 1.165) is 5.01 Å². The van der Waals surface area contributed by atoms with E-state index in [9.17, 15) is 23.1 Å². The molecule has 0 aliphatic heterocycles. The first-order chi connectivity index (χ1) is 16.2. The van der Waals surface area contributed by atoms with Crippen LogP contribution in [0.2, 0.25) is 0 Å². The highest BCUT2D eigenvalue weighted by Gasteiger charge is 2.25. The number of guanidine groups is 1. The van der Waals surface area contributed by atoms with Gasteiger partial charge in [0.05, 0.1) is 23.0 Å². The Morgan fingerprint density at radius 2 is 1.56 bits per heavy atom. The summed E-state index contributed by atoms with van der Waals surface area (Å²) in [5, 5.41) is 14.3. The molecule has 11 heteroatoms. The number of rotatable bonds is 9. The minimum absolute atomic E-state index is 0.0112. The van der Waals surface area contributed by atoms with Crippen LogP contribution in [0.15, 0.2) is 94.9 Å². The lowest BCUT2D eigenvalue weighted by Gasteiger charge is -2.21. The highest BCUT2D eigenvalue weighted by Crippen LogP contribution is 2.26. The second-order valence-corrected chi connectivity index (χ2v) is 8.90. The average Bonchev–Trinajstić information content (AvgIpc) is 2.82. The van der Waals surface area contributed by atoms with Gasteiger partial charge in [0.2, 0.25) is 16.0 Å². The van der Waals surface area contributed by atoms with Crippen LogP contribution in [0.5, 0.6) is 0 Å². The first kappa shape index (κ1) is 24.4. The van der Waals surface area contributed by atoms with Gasteiger partial charge in [-0.2, -0.15) is 5.01 Å². The van der Waals surface area contributed by atoms with Gasteiger partial charge in [-0.25, -0.2) is 13.1 Å². The number of anilines is 1. The van der Waals surface area contributed by atoms with Gasteiger partial charge in [-0.1, -0.05) is 48.5 Å². The maximum atomic E-state index is 13.1. The molecule has 3 aromatic carbocycles. The number of nitrogens with one attached hydrogen (secondary N) is 1. The Hall–Kier alpha value is -4.22. The third kappa shape index (κ3) is 6.18. The molecular weight excluding hydrogens is 458 g/mol. The van der Waals surface area contributed by atoms with Crippen LogP contribution in [0.4, 0.5) is 5.69 Å². The number of carbonyl (C=O) groups excluding carboxylic acids is 1. The van der Waals surface area contributed by atoms with Crippen molar-refractivity contribution in [3.05, 3.63) is 96.1 Å². The first-order valence-corrected chi connectivity index (χ1v) is 11.5. The molecule has 0 radical (unpaired) electrons. The number of carbonyl (C=O) groups is 2. The predicted molar refractivity (Wildman–Crippen MR) is 127 cm³/mol. The Kier molecular flexibility index (Phi) is 7.61. The maximum absolute atomic E-state index is 13.1. The van der Waals surface area contributed by atoms with E-state index < -0.39 is 34.4 Å². The number of hydrogen-bond acceptors (Lipinski definition) is 5. The largest absolute Gasteiger partial charge is 0.481 e. The molecule has 3 rings (SSSR count). The van der Waals surface area contributed by atoms with Gasteiger partial charge in [0, 0.05) is 5.56 Å². The summed E-state index contributed by atoms with van der Waals surface area (Å²) in [7, 11) is -4.03. The van der Waals surface area contributed by atoms with E-state index in [4.69, 9.17) is 11.5 Å². The molecule has 3 aromatic rings. The van der Waals surface area contributed by atoms with Crippen LogP contribution in [0.3, 0.4) is 0 Å². The van der Waals surface area contributed by atoms with Gasteiger partial charge in [-0.05, 0) is 42.0 Å². The van der Waals surface area contributed by atoms with E-state index in [-0.39, 0.29) is 16.5 Å². The fourth-order valence-corrected chi connectivity index (χ4v) is 4.41. The molecule has 34 heavy (non-hydrogen) atoms. The Balaban J connectivity index is 2.01. The number of nitrogens with zero attached hydrogens (tertiary/aromatic N) is 2. The lowest BCUT2D eigenvalue weighted by molar-refractivity contribution is -0.137. The van der Waals surface area contributed by atoms with Crippen LogP contribution in [-0.2, 0) is 14.8 Å². The van der Waals surface area contributed by atoms with E-state index in [1.807, 2.05) is 0 Å². The molecule has 0 saturated carbocycles. The highest BCUT2D eigenvalue weighted by molar-refractivity contribution is 7.89. The third-order valence-electron chi connectivity index (χ3n) is 4.68. The van der Waals surface area contributed by atoms with Crippen molar-refractivity contribution in [2.45, 2.75) is 17.4 Å². The molecule has 0 aliphatic carbocycles. The summed E-state index contributed by atoms with van der Waals surface area (Å²) in [6.07, 6.45) is -0.537. The van der Waals surface area contributed by atoms with Crippen molar-refractivity contribution in [1.82, 2.24) is 4.72 Å². The van der Waals surface area contributed by atoms with Crippen molar-refractivity contribution in [3.63, 3.8) is 0 Å². The van der Waals surface area contributed by atoms with Crippen LogP contribution in [0, 0.1) is 0 Å². The SMILES string of the molecule is NC(N)=NN(C(=O)c1ccccc1)c1cccc(C(CC(=O)O)NS(=O)(=O)c2ccccc2)c1. The number of hydrogen-bond donors (Lipinski definition) is 4. The number of aliphatic carboxylic acids is 1. The Morgan fingerprint density at radius 1 is 0.941 bits per heavy atom. The zero-order chi connectivity index (χ0) is 24.7. The summed E-state index contributed by atoms with van der Waals surface area (Å²) in [5.74, 6) is -2.13. The van der Waals surface area contributed by atoms with Crippen LogP contribution < -0.4 is 21.2 Å². The molecule has 1 unspecified atom stereocenters. The van der Waals surface area contributed by atoms with E-state index in [1.54, 1.807) is 66.7 Å². The van der Waals surface area contributed by atoms with E-state index >= 15 is 0 Å². The highest BCUT2D eigenvalue weighted by atomic mass is 32.2. The van der Waals surface area contributed by atoms with Gasteiger partial charge >= 0.3 is 5.97 Å². The second kappa shape index (κ2) is 10.6. The molecule has 0 bridgehead atoms. The lowest BCUT2D eigenvalue weighted by Crippen LogP contribution is -2.33. The van der Waals surface area contributed by atoms with Crippen LogP contribution in [0.25, 0.3) is 0 Å². The fraction of sp³-hybridized carbons (Fsp3) is 0.0870. The maximum Gasteiger partial charge on any atom is 0.305 e. The number of nitrogens with two attached hydrogens (primary N) is 2. The van der Waals surface area contributed by atoms with Gasteiger partial charge in [0.25, 0.3) is 5.91 Å². The van der Waals surface area contributed by atoms with Crippen molar-refractivity contribution in [3.8, 4) is 0 Å². The topological polar surface area (TPSA) is 168 Å². The van der Waals surface area contributed by atoms with Crippen LogP contribution in [0.1, 0.15) is 28.4 Å². The summed E-state index contributed by atoms with van der Waals surface area (Å²) in [5.41, 5.74) is 11.9. The molecule has 0 spiro atoms. The van der Waals surface area contributed by atoms with Crippen LogP contribution in [-0.4, -0.2) is 31.4 Å².